The van der Waals surface area contributed by atoms with Gasteiger partial charge in [0.15, 0.2) is 0 Å². The molecule has 0 aromatic heterocycles. The number of phenols is 1. The van der Waals surface area contributed by atoms with E-state index in [1.54, 1.807) is 12.1 Å². The van der Waals surface area contributed by atoms with E-state index in [9.17, 15) is 14.3 Å². The van der Waals surface area contributed by atoms with Crippen molar-refractivity contribution >= 4 is 11.6 Å². The van der Waals surface area contributed by atoms with Crippen LogP contribution in [0, 0.1) is 5.82 Å². The van der Waals surface area contributed by atoms with Crippen LogP contribution in [0.5, 0.6) is 5.75 Å². The van der Waals surface area contributed by atoms with Crippen molar-refractivity contribution < 1.29 is 14.3 Å². The molecular weight excluding hydrogens is 257 g/mol. The molecule has 0 saturated heterocycles. The van der Waals surface area contributed by atoms with Gasteiger partial charge in [0.2, 0.25) is 0 Å². The lowest BCUT2D eigenvalue weighted by atomic mass is 10.1. The molecule has 0 spiro atoms. The van der Waals surface area contributed by atoms with Gasteiger partial charge in [0.1, 0.15) is 17.1 Å². The SMILES string of the molecule is CCCc1ccc(NC(=O)c2c(O)cccc2F)cc1. The lowest BCUT2D eigenvalue weighted by Crippen LogP contribution is -2.14. The van der Waals surface area contributed by atoms with Gasteiger partial charge in [0.25, 0.3) is 5.91 Å². The molecule has 0 unspecified atom stereocenters. The van der Waals surface area contributed by atoms with Crippen molar-refractivity contribution in [2.45, 2.75) is 19.8 Å². The molecule has 0 aliphatic heterocycles. The normalized spacial score (nSPS) is 10.3. The first kappa shape index (κ1) is 14.1. The summed E-state index contributed by atoms with van der Waals surface area (Å²) in [6.07, 6.45) is 2.02. The molecule has 0 aliphatic carbocycles. The van der Waals surface area contributed by atoms with Crippen molar-refractivity contribution in [1.29, 1.82) is 0 Å². The average Bonchev–Trinajstić information content (AvgIpc) is 2.41. The van der Waals surface area contributed by atoms with Crippen molar-refractivity contribution in [3.05, 3.63) is 59.4 Å². The summed E-state index contributed by atoms with van der Waals surface area (Å²) in [6, 6.07) is 11.1. The molecule has 4 heteroatoms. The van der Waals surface area contributed by atoms with Gasteiger partial charge in [-0.15, -0.1) is 0 Å². The van der Waals surface area contributed by atoms with Gasteiger partial charge in [-0.3, -0.25) is 4.79 Å². The summed E-state index contributed by atoms with van der Waals surface area (Å²) in [5, 5.41) is 12.1. The molecule has 0 saturated carbocycles. The van der Waals surface area contributed by atoms with Gasteiger partial charge in [-0.25, -0.2) is 4.39 Å². The van der Waals surface area contributed by atoms with E-state index in [0.717, 1.165) is 18.9 Å². The number of hydrogen-bond acceptors (Lipinski definition) is 2. The van der Waals surface area contributed by atoms with Crippen LogP contribution in [0.1, 0.15) is 29.3 Å². The number of carbonyl (C=O) groups is 1. The summed E-state index contributed by atoms with van der Waals surface area (Å²) < 4.78 is 13.5. The minimum Gasteiger partial charge on any atom is -0.507 e. The summed E-state index contributed by atoms with van der Waals surface area (Å²) in [6.45, 7) is 2.09. The van der Waals surface area contributed by atoms with Crippen LogP contribution in [0.15, 0.2) is 42.5 Å². The molecule has 2 aromatic carbocycles. The quantitative estimate of drug-likeness (QED) is 0.891. The number of carbonyl (C=O) groups excluding carboxylic acids is 1. The molecule has 2 aromatic rings. The molecule has 0 radical (unpaired) electrons. The molecule has 2 rings (SSSR count). The van der Waals surface area contributed by atoms with Crippen LogP contribution in [0.2, 0.25) is 0 Å². The molecule has 0 atom stereocenters. The molecule has 3 nitrogen and oxygen atoms in total. The lowest BCUT2D eigenvalue weighted by molar-refractivity contribution is 0.102. The third-order valence-electron chi connectivity index (χ3n) is 2.97. The maximum absolute atomic E-state index is 13.5. The smallest absolute Gasteiger partial charge is 0.262 e. The minimum atomic E-state index is -0.745. The summed E-state index contributed by atoms with van der Waals surface area (Å²) in [7, 11) is 0. The average molecular weight is 273 g/mol. The number of nitrogens with one attached hydrogen (secondary N) is 1. The summed E-state index contributed by atoms with van der Waals surface area (Å²) in [4.78, 5) is 12.0. The van der Waals surface area contributed by atoms with E-state index >= 15 is 0 Å². The van der Waals surface area contributed by atoms with Crippen molar-refractivity contribution in [3.8, 4) is 5.75 Å². The Labute approximate surface area is 117 Å². The number of aromatic hydroxyl groups is 1. The van der Waals surface area contributed by atoms with E-state index in [-0.39, 0.29) is 11.3 Å². The highest BCUT2D eigenvalue weighted by molar-refractivity contribution is 6.06. The van der Waals surface area contributed by atoms with E-state index in [2.05, 4.69) is 12.2 Å². The van der Waals surface area contributed by atoms with Crippen LogP contribution >= 0.6 is 0 Å². The molecule has 0 fully saturated rings. The van der Waals surface area contributed by atoms with Crippen LogP contribution < -0.4 is 5.32 Å². The highest BCUT2D eigenvalue weighted by Gasteiger charge is 2.16. The Morgan fingerprint density at radius 2 is 1.90 bits per heavy atom. The fourth-order valence-electron chi connectivity index (χ4n) is 1.97. The first-order chi connectivity index (χ1) is 9.61. The van der Waals surface area contributed by atoms with Gasteiger partial charge in [-0.05, 0) is 36.2 Å². The number of halogens is 1. The number of hydrogen-bond donors (Lipinski definition) is 2. The Balaban J connectivity index is 2.15. The Hall–Kier alpha value is -2.36. The summed E-state index contributed by atoms with van der Waals surface area (Å²) in [5.74, 6) is -1.78. The van der Waals surface area contributed by atoms with E-state index in [4.69, 9.17) is 0 Å². The van der Waals surface area contributed by atoms with Crippen molar-refractivity contribution in [3.63, 3.8) is 0 Å². The molecule has 1 amide bonds. The predicted octanol–water partition coefficient (Wildman–Crippen LogP) is 3.74. The fourth-order valence-corrected chi connectivity index (χ4v) is 1.97. The first-order valence-corrected chi connectivity index (χ1v) is 6.49. The Bertz CT molecular complexity index is 588. The lowest BCUT2D eigenvalue weighted by Gasteiger charge is -2.08. The number of rotatable bonds is 4. The third kappa shape index (κ3) is 3.15. The monoisotopic (exact) mass is 273 g/mol. The van der Waals surface area contributed by atoms with Gasteiger partial charge < -0.3 is 10.4 Å². The van der Waals surface area contributed by atoms with Crippen LogP contribution in [0.3, 0.4) is 0 Å². The second-order valence-corrected chi connectivity index (χ2v) is 4.54. The topological polar surface area (TPSA) is 49.3 Å². The zero-order valence-electron chi connectivity index (χ0n) is 11.2. The maximum atomic E-state index is 13.5. The molecule has 0 bridgehead atoms. The predicted molar refractivity (Wildman–Crippen MR) is 76.5 cm³/mol. The van der Waals surface area contributed by atoms with Crippen LogP contribution in [0.4, 0.5) is 10.1 Å². The van der Waals surface area contributed by atoms with Gasteiger partial charge in [0.05, 0.1) is 0 Å². The van der Waals surface area contributed by atoms with Crippen LogP contribution in [-0.4, -0.2) is 11.0 Å². The Kier molecular flexibility index (Phi) is 4.35. The van der Waals surface area contributed by atoms with Crippen molar-refractivity contribution in [2.75, 3.05) is 5.32 Å². The number of amides is 1. The second-order valence-electron chi connectivity index (χ2n) is 4.54. The molecule has 104 valence electrons. The highest BCUT2D eigenvalue weighted by Crippen LogP contribution is 2.21. The number of anilines is 1. The fraction of sp³-hybridized carbons (Fsp3) is 0.188. The largest absolute Gasteiger partial charge is 0.507 e. The maximum Gasteiger partial charge on any atom is 0.262 e. The van der Waals surface area contributed by atoms with Crippen molar-refractivity contribution in [1.82, 2.24) is 0 Å². The molecule has 0 aliphatic rings. The van der Waals surface area contributed by atoms with Gasteiger partial charge in [-0.1, -0.05) is 31.5 Å². The Morgan fingerprint density at radius 3 is 2.50 bits per heavy atom. The van der Waals surface area contributed by atoms with Crippen LogP contribution in [-0.2, 0) is 6.42 Å². The van der Waals surface area contributed by atoms with Gasteiger partial charge in [0, 0.05) is 5.69 Å². The van der Waals surface area contributed by atoms with E-state index in [1.807, 2.05) is 12.1 Å². The van der Waals surface area contributed by atoms with Crippen molar-refractivity contribution in [2.24, 2.45) is 0 Å². The minimum absolute atomic E-state index is 0.342. The van der Waals surface area contributed by atoms with E-state index < -0.39 is 11.7 Å². The molecule has 20 heavy (non-hydrogen) atoms. The highest BCUT2D eigenvalue weighted by atomic mass is 19.1. The molecular formula is C16H16FNO2. The molecule has 2 N–H and O–H groups in total. The van der Waals surface area contributed by atoms with E-state index in [1.165, 1.54) is 17.7 Å². The third-order valence-corrected chi connectivity index (χ3v) is 2.97. The van der Waals surface area contributed by atoms with Crippen LogP contribution in [0.25, 0.3) is 0 Å². The second kappa shape index (κ2) is 6.19. The summed E-state index contributed by atoms with van der Waals surface area (Å²) in [5.41, 5.74) is 1.40. The zero-order valence-corrected chi connectivity index (χ0v) is 11.2. The summed E-state index contributed by atoms with van der Waals surface area (Å²) >= 11 is 0. The first-order valence-electron chi connectivity index (χ1n) is 6.49. The standard InChI is InChI=1S/C16H16FNO2/c1-2-4-11-7-9-12(10-8-11)18-16(20)15-13(17)5-3-6-14(15)19/h3,5-10,19H,2,4H2,1H3,(H,18,20). The van der Waals surface area contributed by atoms with Gasteiger partial charge in [-0.2, -0.15) is 0 Å². The van der Waals surface area contributed by atoms with E-state index in [0.29, 0.717) is 5.69 Å². The Morgan fingerprint density at radius 1 is 1.20 bits per heavy atom. The number of phenolic OH excluding ortho intramolecular Hbond substituents is 1. The number of benzene rings is 2. The zero-order chi connectivity index (χ0) is 14.5. The molecule has 0 heterocycles. The van der Waals surface area contributed by atoms with Gasteiger partial charge >= 0.3 is 0 Å². The number of aryl methyl sites for hydroxylation is 1.